The predicted molar refractivity (Wildman–Crippen MR) is 87.3 cm³/mol. The van der Waals surface area contributed by atoms with E-state index in [9.17, 15) is 4.79 Å². The number of nitrogens with zero attached hydrogens (tertiary/aromatic N) is 1. The Hall–Kier alpha value is -2.01. The summed E-state index contributed by atoms with van der Waals surface area (Å²) in [6.07, 6.45) is 4.93. The lowest BCUT2D eigenvalue weighted by molar-refractivity contribution is -0.133. The molecular formula is C17H24N2O3. The Bertz CT molecular complexity index is 521. The van der Waals surface area contributed by atoms with Crippen LogP contribution in [-0.2, 0) is 4.79 Å². The number of carbonyl (C=O) groups is 1. The van der Waals surface area contributed by atoms with Crippen molar-refractivity contribution in [3.8, 4) is 11.5 Å². The maximum absolute atomic E-state index is 12.2. The summed E-state index contributed by atoms with van der Waals surface area (Å²) in [5, 5.41) is 3.28. The molecular weight excluding hydrogens is 280 g/mol. The van der Waals surface area contributed by atoms with E-state index in [0.29, 0.717) is 11.5 Å². The number of hydrogen-bond donors (Lipinski definition) is 1. The quantitative estimate of drug-likeness (QED) is 0.903. The van der Waals surface area contributed by atoms with E-state index in [4.69, 9.17) is 9.47 Å². The van der Waals surface area contributed by atoms with Crippen molar-refractivity contribution in [1.82, 2.24) is 10.2 Å². The zero-order chi connectivity index (χ0) is 15.8. The maximum Gasteiger partial charge on any atom is 0.260 e. The lowest BCUT2D eigenvalue weighted by Gasteiger charge is -2.20. The monoisotopic (exact) mass is 304 g/mol. The average molecular weight is 304 g/mol. The largest absolute Gasteiger partial charge is 0.493 e. The first-order valence-electron chi connectivity index (χ1n) is 7.66. The molecule has 0 atom stereocenters. The van der Waals surface area contributed by atoms with Gasteiger partial charge in [-0.15, -0.1) is 0 Å². The van der Waals surface area contributed by atoms with Crippen molar-refractivity contribution in [1.29, 1.82) is 0 Å². The first kappa shape index (κ1) is 16.4. The molecule has 0 unspecified atom stereocenters. The van der Waals surface area contributed by atoms with Gasteiger partial charge in [-0.2, -0.15) is 0 Å². The Morgan fingerprint density at radius 3 is 2.95 bits per heavy atom. The van der Waals surface area contributed by atoms with Crippen LogP contribution in [0.1, 0.15) is 18.9 Å². The van der Waals surface area contributed by atoms with Crippen LogP contribution in [0.15, 0.2) is 24.3 Å². The van der Waals surface area contributed by atoms with Crippen molar-refractivity contribution in [2.45, 2.75) is 13.3 Å². The van der Waals surface area contributed by atoms with Crippen molar-refractivity contribution >= 4 is 12.0 Å². The molecule has 0 radical (unpaired) electrons. The van der Waals surface area contributed by atoms with Gasteiger partial charge in [0.2, 0.25) is 0 Å². The molecule has 0 bridgehead atoms. The molecule has 1 aliphatic heterocycles. The number of allylic oxidation sites excluding steroid dienone is 1. The number of hydrogen-bond acceptors (Lipinski definition) is 4. The summed E-state index contributed by atoms with van der Waals surface area (Å²) in [6, 6.07) is 5.68. The minimum Gasteiger partial charge on any atom is -0.493 e. The molecule has 5 heteroatoms. The normalized spacial score (nSPS) is 15.6. The molecule has 1 heterocycles. The van der Waals surface area contributed by atoms with Crippen LogP contribution in [0, 0.1) is 0 Å². The van der Waals surface area contributed by atoms with Crippen molar-refractivity contribution < 1.29 is 14.3 Å². The van der Waals surface area contributed by atoms with Crippen LogP contribution in [0.5, 0.6) is 11.5 Å². The van der Waals surface area contributed by atoms with Gasteiger partial charge < -0.3 is 19.7 Å². The minimum atomic E-state index is 0.0169. The topological polar surface area (TPSA) is 50.8 Å². The Kier molecular flexibility index (Phi) is 6.27. The Morgan fingerprint density at radius 2 is 2.18 bits per heavy atom. The highest BCUT2D eigenvalue weighted by Gasteiger charge is 2.16. The summed E-state index contributed by atoms with van der Waals surface area (Å²) in [7, 11) is 1.60. The van der Waals surface area contributed by atoms with E-state index < -0.39 is 0 Å². The van der Waals surface area contributed by atoms with Crippen molar-refractivity contribution in [3.63, 3.8) is 0 Å². The molecule has 120 valence electrons. The lowest BCUT2D eigenvalue weighted by Crippen LogP contribution is -2.37. The first-order valence-corrected chi connectivity index (χ1v) is 7.66. The van der Waals surface area contributed by atoms with Gasteiger partial charge in [0.05, 0.1) is 7.11 Å². The fourth-order valence-corrected chi connectivity index (χ4v) is 2.43. The van der Waals surface area contributed by atoms with Crippen LogP contribution < -0.4 is 14.8 Å². The predicted octanol–water partition coefficient (Wildman–Crippen LogP) is 1.93. The Labute approximate surface area is 131 Å². The highest BCUT2D eigenvalue weighted by atomic mass is 16.5. The van der Waals surface area contributed by atoms with Gasteiger partial charge >= 0.3 is 0 Å². The van der Waals surface area contributed by atoms with Gasteiger partial charge in [0.1, 0.15) is 0 Å². The van der Waals surface area contributed by atoms with Crippen LogP contribution >= 0.6 is 0 Å². The van der Waals surface area contributed by atoms with Gasteiger partial charge in [-0.05, 0) is 37.6 Å². The van der Waals surface area contributed by atoms with Crippen LogP contribution in [0.2, 0.25) is 0 Å². The molecule has 0 spiro atoms. The zero-order valence-corrected chi connectivity index (χ0v) is 13.3. The van der Waals surface area contributed by atoms with E-state index in [1.54, 1.807) is 7.11 Å². The van der Waals surface area contributed by atoms with Crippen molar-refractivity contribution in [2.75, 3.05) is 39.9 Å². The molecule has 0 aliphatic carbocycles. The fraction of sp³-hybridized carbons (Fsp3) is 0.471. The number of ether oxygens (including phenoxy) is 2. The van der Waals surface area contributed by atoms with Gasteiger partial charge in [0.25, 0.3) is 5.91 Å². The molecule has 1 aromatic carbocycles. The van der Waals surface area contributed by atoms with E-state index in [-0.39, 0.29) is 12.5 Å². The van der Waals surface area contributed by atoms with E-state index in [1.165, 1.54) is 0 Å². The summed E-state index contributed by atoms with van der Waals surface area (Å²) in [6.45, 7) is 5.33. The van der Waals surface area contributed by atoms with Crippen molar-refractivity contribution in [3.05, 3.63) is 29.8 Å². The summed E-state index contributed by atoms with van der Waals surface area (Å²) < 4.78 is 11.0. The van der Waals surface area contributed by atoms with Gasteiger partial charge in [-0.25, -0.2) is 0 Å². The van der Waals surface area contributed by atoms with Crippen LogP contribution in [0.4, 0.5) is 0 Å². The second-order valence-corrected chi connectivity index (χ2v) is 5.18. The summed E-state index contributed by atoms with van der Waals surface area (Å²) in [4.78, 5) is 14.1. The standard InChI is InChI=1S/C17H24N2O3/c1-3-5-14-6-7-15(16(12-14)21-2)22-13-17(20)19-10-4-8-18-9-11-19/h3,5-7,12,18H,4,8-11,13H2,1-2H3/b5-3+. The highest BCUT2D eigenvalue weighted by molar-refractivity contribution is 5.78. The summed E-state index contributed by atoms with van der Waals surface area (Å²) in [5.74, 6) is 1.25. The highest BCUT2D eigenvalue weighted by Crippen LogP contribution is 2.28. The molecule has 1 aliphatic rings. The second-order valence-electron chi connectivity index (χ2n) is 5.18. The molecule has 0 saturated carbocycles. The summed E-state index contributed by atoms with van der Waals surface area (Å²) >= 11 is 0. The van der Waals surface area contributed by atoms with Gasteiger partial charge in [0, 0.05) is 19.6 Å². The third-order valence-corrected chi connectivity index (χ3v) is 3.59. The maximum atomic E-state index is 12.2. The third-order valence-electron chi connectivity index (χ3n) is 3.59. The molecule has 1 fully saturated rings. The Balaban J connectivity index is 1.96. The van der Waals surface area contributed by atoms with E-state index in [2.05, 4.69) is 5.32 Å². The van der Waals surface area contributed by atoms with Crippen LogP contribution in [-0.4, -0.2) is 50.7 Å². The van der Waals surface area contributed by atoms with Gasteiger partial charge in [-0.1, -0.05) is 18.2 Å². The molecule has 1 saturated heterocycles. The van der Waals surface area contributed by atoms with Crippen LogP contribution in [0.3, 0.4) is 0 Å². The molecule has 5 nitrogen and oxygen atoms in total. The molecule has 22 heavy (non-hydrogen) atoms. The fourth-order valence-electron chi connectivity index (χ4n) is 2.43. The number of methoxy groups -OCH3 is 1. The SMILES string of the molecule is C/C=C/c1ccc(OCC(=O)N2CCCNCC2)c(OC)c1. The van der Waals surface area contributed by atoms with Gasteiger partial charge in [0.15, 0.2) is 18.1 Å². The zero-order valence-electron chi connectivity index (χ0n) is 13.3. The van der Waals surface area contributed by atoms with E-state index >= 15 is 0 Å². The molecule has 0 aromatic heterocycles. The smallest absolute Gasteiger partial charge is 0.260 e. The summed E-state index contributed by atoms with van der Waals surface area (Å²) in [5.41, 5.74) is 1.04. The van der Waals surface area contributed by atoms with E-state index in [0.717, 1.165) is 38.2 Å². The number of nitrogens with one attached hydrogen (secondary N) is 1. The molecule has 1 amide bonds. The third kappa shape index (κ3) is 4.49. The second kappa shape index (κ2) is 8.44. The Morgan fingerprint density at radius 1 is 1.32 bits per heavy atom. The number of amides is 1. The van der Waals surface area contributed by atoms with Crippen molar-refractivity contribution in [2.24, 2.45) is 0 Å². The minimum absolute atomic E-state index is 0.0169. The first-order chi connectivity index (χ1) is 10.7. The van der Waals surface area contributed by atoms with E-state index in [1.807, 2.05) is 42.2 Å². The number of rotatable bonds is 5. The molecule has 2 rings (SSSR count). The molecule has 1 N–H and O–H groups in total. The van der Waals surface area contributed by atoms with Gasteiger partial charge in [-0.3, -0.25) is 4.79 Å². The van der Waals surface area contributed by atoms with Crippen LogP contribution in [0.25, 0.3) is 6.08 Å². The average Bonchev–Trinajstić information content (AvgIpc) is 2.82. The lowest BCUT2D eigenvalue weighted by atomic mass is 10.2. The number of benzene rings is 1. The number of carbonyl (C=O) groups excluding carboxylic acids is 1. The molecule has 1 aromatic rings.